The molecule has 0 aliphatic carbocycles. The quantitative estimate of drug-likeness (QED) is 0.172. The Morgan fingerprint density at radius 1 is 0.417 bits per heavy atom. The number of rotatable bonds is 18. The summed E-state index contributed by atoms with van der Waals surface area (Å²) in [4.78, 5) is 0. The molecule has 0 aromatic rings. The largest absolute Gasteiger partial charge is 0.103 e. The molecule has 0 radical (unpaired) electrons. The Kier molecular flexibility index (Phi) is 29.9. The first kappa shape index (κ1) is 26.0. The molecule has 0 aromatic heterocycles. The van der Waals surface area contributed by atoms with E-state index in [0.29, 0.717) is 0 Å². The fraction of sp³-hybridized carbons (Fsp3) is 0.917. The molecule has 0 unspecified atom stereocenters. The molecule has 0 heterocycles. The lowest BCUT2D eigenvalue weighted by Gasteiger charge is -2.01. The normalized spacial score (nSPS) is 10.3. The molecule has 0 saturated heterocycles. The molecule has 0 spiro atoms. The van der Waals surface area contributed by atoms with E-state index in [1.54, 1.807) is 0 Å². The van der Waals surface area contributed by atoms with Crippen molar-refractivity contribution in [1.29, 1.82) is 0 Å². The van der Waals surface area contributed by atoms with Crippen LogP contribution in [0.2, 0.25) is 0 Å². The fourth-order valence-electron chi connectivity index (χ4n) is 2.98. The summed E-state index contributed by atoms with van der Waals surface area (Å²) in [5.74, 6) is 0. The van der Waals surface area contributed by atoms with Crippen LogP contribution in [-0.4, -0.2) is 0 Å². The summed E-state index contributed by atoms with van der Waals surface area (Å²) in [6, 6.07) is 0. The van der Waals surface area contributed by atoms with Crippen LogP contribution in [0, 0.1) is 0 Å². The van der Waals surface area contributed by atoms with E-state index in [4.69, 9.17) is 0 Å². The second-order valence-electron chi connectivity index (χ2n) is 7.38. The van der Waals surface area contributed by atoms with Crippen LogP contribution in [0.3, 0.4) is 0 Å². The molecule has 0 fully saturated rings. The van der Waals surface area contributed by atoms with Crippen molar-refractivity contribution in [3.05, 3.63) is 12.7 Å². The van der Waals surface area contributed by atoms with Crippen LogP contribution in [-0.2, 0) is 0 Å². The lowest BCUT2D eigenvalue weighted by molar-refractivity contribution is 0.548. The molecular weight excluding hydrogens is 288 g/mol. The Labute approximate surface area is 155 Å². The van der Waals surface area contributed by atoms with Gasteiger partial charge in [-0.3, -0.25) is 0 Å². The Balaban J connectivity index is 0. The van der Waals surface area contributed by atoms with Crippen molar-refractivity contribution in [2.75, 3.05) is 0 Å². The van der Waals surface area contributed by atoms with Crippen molar-refractivity contribution in [1.82, 2.24) is 0 Å². The molecule has 0 bridgehead atoms. The molecule has 0 rings (SSSR count). The predicted octanol–water partition coefficient (Wildman–Crippen LogP) is 9.63. The van der Waals surface area contributed by atoms with Crippen LogP contribution in [0.5, 0.6) is 0 Å². The molecule has 0 aliphatic heterocycles. The van der Waals surface area contributed by atoms with E-state index in [0.717, 1.165) is 0 Å². The van der Waals surface area contributed by atoms with Gasteiger partial charge in [-0.1, -0.05) is 136 Å². The third kappa shape index (κ3) is 29.7. The zero-order valence-corrected chi connectivity index (χ0v) is 17.7. The van der Waals surface area contributed by atoms with Gasteiger partial charge in [0.2, 0.25) is 0 Å². The number of hydrogen-bond acceptors (Lipinski definition) is 0. The van der Waals surface area contributed by atoms with E-state index in [2.05, 4.69) is 27.4 Å². The topological polar surface area (TPSA) is 0 Å². The van der Waals surface area contributed by atoms with Gasteiger partial charge in [-0.2, -0.15) is 0 Å². The van der Waals surface area contributed by atoms with Gasteiger partial charge in [-0.25, -0.2) is 0 Å². The van der Waals surface area contributed by atoms with Crippen molar-refractivity contribution in [2.24, 2.45) is 0 Å². The summed E-state index contributed by atoms with van der Waals surface area (Å²) in [6.07, 6.45) is 29.0. The Morgan fingerprint density at radius 2 is 0.667 bits per heavy atom. The standard InChI is InChI=1S/C14H30.C10H20/c1-3-5-7-9-11-13-14-12-10-8-6-4-2;1-3-5-7-9-10-8-6-4-2/h3-14H2,1-2H3;3H,1,4-10H2,2H3. The first-order valence-corrected chi connectivity index (χ1v) is 11.4. The number of unbranched alkanes of at least 4 members (excludes halogenated alkanes) is 17. The van der Waals surface area contributed by atoms with E-state index in [9.17, 15) is 0 Å². The zero-order valence-electron chi connectivity index (χ0n) is 17.7. The molecule has 0 atom stereocenters. The minimum absolute atomic E-state index is 1.20. The van der Waals surface area contributed by atoms with Crippen LogP contribution in [0.25, 0.3) is 0 Å². The highest BCUT2D eigenvalue weighted by Gasteiger charge is 1.91. The minimum Gasteiger partial charge on any atom is -0.103 e. The van der Waals surface area contributed by atoms with Gasteiger partial charge >= 0.3 is 0 Å². The van der Waals surface area contributed by atoms with Crippen molar-refractivity contribution < 1.29 is 0 Å². The van der Waals surface area contributed by atoms with Gasteiger partial charge in [-0.15, -0.1) is 6.58 Å². The SMILES string of the molecule is C=CCCCCCCCC.CCCCCCCCCCCCCC. The van der Waals surface area contributed by atoms with Gasteiger partial charge in [0.25, 0.3) is 0 Å². The van der Waals surface area contributed by atoms with Crippen LogP contribution in [0.4, 0.5) is 0 Å². The van der Waals surface area contributed by atoms with Gasteiger partial charge in [0.15, 0.2) is 0 Å². The van der Waals surface area contributed by atoms with E-state index in [1.807, 2.05) is 6.08 Å². The monoisotopic (exact) mass is 338 g/mol. The molecule has 0 saturated carbocycles. The summed E-state index contributed by atoms with van der Waals surface area (Å²) in [7, 11) is 0. The Bertz CT molecular complexity index is 182. The van der Waals surface area contributed by atoms with Crippen LogP contribution < -0.4 is 0 Å². The molecule has 0 N–H and O–H groups in total. The summed E-state index contributed by atoms with van der Waals surface area (Å²) < 4.78 is 0. The maximum absolute atomic E-state index is 3.69. The van der Waals surface area contributed by atoms with Gasteiger partial charge in [0, 0.05) is 0 Å². The highest BCUT2D eigenvalue weighted by atomic mass is 14.0. The van der Waals surface area contributed by atoms with Crippen LogP contribution in [0.1, 0.15) is 143 Å². The fourth-order valence-corrected chi connectivity index (χ4v) is 2.98. The number of hydrogen-bond donors (Lipinski definition) is 0. The average molecular weight is 339 g/mol. The lowest BCUT2D eigenvalue weighted by atomic mass is 10.1. The molecule has 0 heteroatoms. The zero-order chi connectivity index (χ0) is 18.1. The summed E-state index contributed by atoms with van der Waals surface area (Å²) in [5, 5.41) is 0. The third-order valence-electron chi connectivity index (χ3n) is 4.72. The third-order valence-corrected chi connectivity index (χ3v) is 4.72. The molecule has 0 aromatic carbocycles. The predicted molar refractivity (Wildman–Crippen MR) is 115 cm³/mol. The van der Waals surface area contributed by atoms with Crippen LogP contribution in [0.15, 0.2) is 12.7 Å². The van der Waals surface area contributed by atoms with Gasteiger partial charge in [0.05, 0.1) is 0 Å². The summed E-state index contributed by atoms with van der Waals surface area (Å²) >= 11 is 0. The van der Waals surface area contributed by atoms with Crippen LogP contribution >= 0.6 is 0 Å². The summed E-state index contributed by atoms with van der Waals surface area (Å²) in [5.41, 5.74) is 0. The maximum Gasteiger partial charge on any atom is -0.0353 e. The molecule has 24 heavy (non-hydrogen) atoms. The van der Waals surface area contributed by atoms with Crippen molar-refractivity contribution >= 4 is 0 Å². The highest BCUT2D eigenvalue weighted by molar-refractivity contribution is 4.65. The smallest absolute Gasteiger partial charge is 0.0353 e. The van der Waals surface area contributed by atoms with E-state index < -0.39 is 0 Å². The Hall–Kier alpha value is -0.260. The Morgan fingerprint density at radius 3 is 0.917 bits per heavy atom. The molecule has 0 amide bonds. The highest BCUT2D eigenvalue weighted by Crippen LogP contribution is 2.11. The second-order valence-corrected chi connectivity index (χ2v) is 7.38. The lowest BCUT2D eigenvalue weighted by Crippen LogP contribution is -1.81. The summed E-state index contributed by atoms with van der Waals surface area (Å²) in [6.45, 7) is 10.5. The maximum atomic E-state index is 3.69. The minimum atomic E-state index is 1.20. The van der Waals surface area contributed by atoms with E-state index in [1.165, 1.54) is 122 Å². The molecule has 0 aliphatic rings. The van der Waals surface area contributed by atoms with Crippen molar-refractivity contribution in [2.45, 2.75) is 143 Å². The van der Waals surface area contributed by atoms with Crippen molar-refractivity contribution in [3.8, 4) is 0 Å². The van der Waals surface area contributed by atoms with Gasteiger partial charge in [-0.05, 0) is 12.8 Å². The molecule has 146 valence electrons. The first-order valence-electron chi connectivity index (χ1n) is 11.4. The molecular formula is C24H50. The van der Waals surface area contributed by atoms with Gasteiger partial charge < -0.3 is 0 Å². The second kappa shape index (κ2) is 27.6. The number of allylic oxidation sites excluding steroid dienone is 1. The first-order chi connectivity index (χ1) is 11.8. The molecule has 0 nitrogen and oxygen atoms in total. The van der Waals surface area contributed by atoms with Gasteiger partial charge in [0.1, 0.15) is 0 Å². The van der Waals surface area contributed by atoms with Crippen molar-refractivity contribution in [3.63, 3.8) is 0 Å². The van der Waals surface area contributed by atoms with E-state index in [-0.39, 0.29) is 0 Å². The average Bonchev–Trinajstić information content (AvgIpc) is 2.60. The van der Waals surface area contributed by atoms with E-state index >= 15 is 0 Å².